The van der Waals surface area contributed by atoms with Gasteiger partial charge in [-0.1, -0.05) is 66.7 Å². The smallest absolute Gasteiger partial charge is 0.416 e. The Morgan fingerprint density at radius 2 is 1.81 bits per heavy atom. The number of carbonyl (C=O) groups excluding carboxylic acids is 2. The number of cyclic esters (lactones) is 1. The zero-order valence-corrected chi connectivity index (χ0v) is 15.0. The fourth-order valence-corrected chi connectivity index (χ4v) is 3.37. The summed E-state index contributed by atoms with van der Waals surface area (Å²) in [7, 11) is 0. The van der Waals surface area contributed by atoms with Crippen LogP contribution in [0.2, 0.25) is 0 Å². The number of rotatable bonds is 7. The molecule has 1 N–H and O–H groups in total. The lowest BCUT2D eigenvalue weighted by atomic mass is 9.91. The molecule has 140 valence electrons. The number of allylic oxidation sites excluding steroid dienone is 1. The molecule has 3 rings (SSSR count). The molecule has 0 unspecified atom stereocenters. The van der Waals surface area contributed by atoms with Crippen LogP contribution in [-0.2, 0) is 16.0 Å². The number of aliphatic hydroxyl groups excluding tert-OH is 1. The molecule has 0 aliphatic carbocycles. The van der Waals surface area contributed by atoms with Crippen molar-refractivity contribution in [2.24, 2.45) is 5.92 Å². The number of hydrogen-bond donors (Lipinski definition) is 1. The van der Waals surface area contributed by atoms with Crippen LogP contribution in [0.25, 0.3) is 0 Å². The predicted molar refractivity (Wildman–Crippen MR) is 102 cm³/mol. The Morgan fingerprint density at radius 1 is 1.19 bits per heavy atom. The Morgan fingerprint density at radius 3 is 2.44 bits per heavy atom. The van der Waals surface area contributed by atoms with Gasteiger partial charge in [0.25, 0.3) is 0 Å². The highest BCUT2D eigenvalue weighted by molar-refractivity contribution is 5.95. The van der Waals surface area contributed by atoms with Gasteiger partial charge in [0.05, 0.1) is 18.1 Å². The Bertz CT molecular complexity index is 790. The molecule has 5 nitrogen and oxygen atoms in total. The molecule has 0 saturated carbocycles. The van der Waals surface area contributed by atoms with Gasteiger partial charge in [0.1, 0.15) is 6.61 Å². The molecule has 27 heavy (non-hydrogen) atoms. The van der Waals surface area contributed by atoms with Gasteiger partial charge in [0.15, 0.2) is 0 Å². The fourth-order valence-electron chi connectivity index (χ4n) is 3.37. The monoisotopic (exact) mass is 365 g/mol. The first-order chi connectivity index (χ1) is 13.1. The third kappa shape index (κ3) is 4.26. The number of amides is 2. The molecule has 0 spiro atoms. The Labute approximate surface area is 158 Å². The second kappa shape index (κ2) is 8.64. The summed E-state index contributed by atoms with van der Waals surface area (Å²) >= 11 is 0. The summed E-state index contributed by atoms with van der Waals surface area (Å²) < 4.78 is 5.14. The van der Waals surface area contributed by atoms with Gasteiger partial charge in [-0.15, -0.1) is 6.58 Å². The second-order valence-corrected chi connectivity index (χ2v) is 6.62. The Kier molecular flexibility index (Phi) is 6.04. The number of aliphatic hydroxyl groups is 1. The van der Waals surface area contributed by atoms with Crippen molar-refractivity contribution < 1.29 is 19.4 Å². The minimum Gasteiger partial charge on any atom is -0.447 e. The maximum Gasteiger partial charge on any atom is 0.416 e. The van der Waals surface area contributed by atoms with Crippen LogP contribution in [0.5, 0.6) is 0 Å². The molecule has 0 aromatic heterocycles. The van der Waals surface area contributed by atoms with Gasteiger partial charge in [-0.25, -0.2) is 9.69 Å². The predicted octanol–water partition coefficient (Wildman–Crippen LogP) is 3.50. The van der Waals surface area contributed by atoms with Gasteiger partial charge in [-0.3, -0.25) is 4.79 Å². The molecule has 0 radical (unpaired) electrons. The third-order valence-corrected chi connectivity index (χ3v) is 4.77. The quantitative estimate of drug-likeness (QED) is 0.763. The van der Waals surface area contributed by atoms with Crippen molar-refractivity contribution in [3.05, 3.63) is 84.4 Å². The first-order valence-corrected chi connectivity index (χ1v) is 8.99. The molecular formula is C22H23NO4. The number of hydrogen-bond acceptors (Lipinski definition) is 4. The number of imide groups is 1. The molecule has 0 bridgehead atoms. The number of ether oxygens (including phenoxy) is 1. The van der Waals surface area contributed by atoms with Crippen molar-refractivity contribution in [2.45, 2.75) is 25.0 Å². The van der Waals surface area contributed by atoms with E-state index >= 15 is 0 Å². The Balaban J connectivity index is 1.82. The van der Waals surface area contributed by atoms with Gasteiger partial charge in [0, 0.05) is 0 Å². The molecule has 2 amide bonds. The third-order valence-electron chi connectivity index (χ3n) is 4.77. The van der Waals surface area contributed by atoms with Crippen LogP contribution in [0.15, 0.2) is 73.3 Å². The van der Waals surface area contributed by atoms with E-state index in [0.29, 0.717) is 12.0 Å². The van der Waals surface area contributed by atoms with Crippen molar-refractivity contribution >= 4 is 12.0 Å². The first kappa shape index (κ1) is 18.9. The summed E-state index contributed by atoms with van der Waals surface area (Å²) in [6.45, 7) is 3.85. The van der Waals surface area contributed by atoms with Gasteiger partial charge in [0.2, 0.25) is 5.91 Å². The number of nitrogens with zero attached hydrogens (tertiary/aromatic N) is 1. The van der Waals surface area contributed by atoms with E-state index in [2.05, 4.69) is 6.58 Å². The molecule has 5 heteroatoms. The topological polar surface area (TPSA) is 66.8 Å². The van der Waals surface area contributed by atoms with Crippen molar-refractivity contribution in [2.75, 3.05) is 6.61 Å². The van der Waals surface area contributed by atoms with Crippen LogP contribution in [0.3, 0.4) is 0 Å². The molecule has 1 heterocycles. The summed E-state index contributed by atoms with van der Waals surface area (Å²) in [5.74, 6) is -1.23. The van der Waals surface area contributed by atoms with Crippen LogP contribution in [-0.4, -0.2) is 34.7 Å². The van der Waals surface area contributed by atoms with Crippen LogP contribution in [0.1, 0.15) is 23.7 Å². The molecule has 3 atom stereocenters. The van der Waals surface area contributed by atoms with E-state index < -0.39 is 24.0 Å². The summed E-state index contributed by atoms with van der Waals surface area (Å²) in [4.78, 5) is 26.6. The summed E-state index contributed by atoms with van der Waals surface area (Å²) in [5.41, 5.74) is 1.65. The molecular weight excluding hydrogens is 342 g/mol. The first-order valence-electron chi connectivity index (χ1n) is 8.99. The van der Waals surface area contributed by atoms with E-state index in [1.54, 1.807) is 30.3 Å². The van der Waals surface area contributed by atoms with Gasteiger partial charge in [-0.05, 0) is 24.0 Å². The van der Waals surface area contributed by atoms with Crippen molar-refractivity contribution in [3.8, 4) is 0 Å². The molecule has 2 aromatic carbocycles. The van der Waals surface area contributed by atoms with E-state index in [4.69, 9.17) is 4.74 Å². The minimum absolute atomic E-state index is 0.154. The summed E-state index contributed by atoms with van der Waals surface area (Å²) in [6.07, 6.45) is 0.678. The molecule has 1 aliphatic rings. The highest BCUT2D eigenvalue weighted by Gasteiger charge is 2.42. The lowest BCUT2D eigenvalue weighted by Crippen LogP contribution is -2.45. The zero-order valence-electron chi connectivity index (χ0n) is 15.0. The van der Waals surface area contributed by atoms with E-state index in [1.807, 2.05) is 36.4 Å². The van der Waals surface area contributed by atoms with Gasteiger partial charge >= 0.3 is 6.09 Å². The largest absolute Gasteiger partial charge is 0.447 e. The van der Waals surface area contributed by atoms with E-state index in [9.17, 15) is 14.7 Å². The van der Waals surface area contributed by atoms with Gasteiger partial charge < -0.3 is 9.84 Å². The Hall–Kier alpha value is -2.92. The maximum atomic E-state index is 13.2. The molecule has 1 fully saturated rings. The van der Waals surface area contributed by atoms with E-state index in [1.165, 1.54) is 0 Å². The number of carbonyl (C=O) groups is 2. The highest BCUT2D eigenvalue weighted by Crippen LogP contribution is 2.30. The van der Waals surface area contributed by atoms with E-state index in [-0.39, 0.29) is 19.1 Å². The molecule has 2 aromatic rings. The SMILES string of the molecule is C=CC[C@@H](C(=O)N1C(=O)OC[C@@H]1Cc1ccccc1)[C@H](O)c1ccccc1. The zero-order chi connectivity index (χ0) is 19.2. The average Bonchev–Trinajstić information content (AvgIpc) is 3.06. The minimum atomic E-state index is -1.03. The molecule has 1 saturated heterocycles. The van der Waals surface area contributed by atoms with Crippen LogP contribution in [0, 0.1) is 5.92 Å². The van der Waals surface area contributed by atoms with E-state index in [0.717, 1.165) is 10.5 Å². The van der Waals surface area contributed by atoms with Crippen LogP contribution in [0.4, 0.5) is 4.79 Å². The average molecular weight is 365 g/mol. The summed E-state index contributed by atoms with van der Waals surface area (Å²) in [6, 6.07) is 18.2. The van der Waals surface area contributed by atoms with Crippen molar-refractivity contribution in [3.63, 3.8) is 0 Å². The second-order valence-electron chi connectivity index (χ2n) is 6.62. The summed E-state index contributed by atoms with van der Waals surface area (Å²) in [5, 5.41) is 10.8. The molecule has 1 aliphatic heterocycles. The standard InChI is InChI=1S/C22H23NO4/c1-2-9-19(20(24)17-12-7-4-8-13-17)21(25)23-18(15-27-22(23)26)14-16-10-5-3-6-11-16/h2-8,10-13,18-20,24H,1,9,14-15H2/t18-,19+,20+/m0/s1. The highest BCUT2D eigenvalue weighted by atomic mass is 16.6. The van der Waals surface area contributed by atoms with Crippen LogP contribution >= 0.6 is 0 Å². The van der Waals surface area contributed by atoms with Crippen LogP contribution < -0.4 is 0 Å². The van der Waals surface area contributed by atoms with Crippen molar-refractivity contribution in [1.29, 1.82) is 0 Å². The van der Waals surface area contributed by atoms with Gasteiger partial charge in [-0.2, -0.15) is 0 Å². The normalized spacial score (nSPS) is 18.6. The fraction of sp³-hybridized carbons (Fsp3) is 0.273. The lowest BCUT2D eigenvalue weighted by Gasteiger charge is -2.27. The number of benzene rings is 2. The lowest BCUT2D eigenvalue weighted by molar-refractivity contribution is -0.137. The maximum absolute atomic E-state index is 13.2. The van der Waals surface area contributed by atoms with Crippen molar-refractivity contribution in [1.82, 2.24) is 4.90 Å².